The first-order valence-corrected chi connectivity index (χ1v) is 8.44. The van der Waals surface area contributed by atoms with Crippen molar-refractivity contribution in [2.24, 2.45) is 0 Å². The highest BCUT2D eigenvalue weighted by atomic mass is 32.2. The van der Waals surface area contributed by atoms with Crippen molar-refractivity contribution in [2.75, 3.05) is 5.73 Å². The lowest BCUT2D eigenvalue weighted by Crippen LogP contribution is -2.25. The zero-order valence-corrected chi connectivity index (χ0v) is 13.2. The van der Waals surface area contributed by atoms with E-state index in [2.05, 4.69) is 9.71 Å². The van der Waals surface area contributed by atoms with Gasteiger partial charge in [0.2, 0.25) is 10.0 Å². The van der Waals surface area contributed by atoms with Crippen molar-refractivity contribution in [3.8, 4) is 0 Å². The van der Waals surface area contributed by atoms with E-state index < -0.39 is 10.0 Å². The number of rotatable bonds is 4. The van der Waals surface area contributed by atoms with Gasteiger partial charge in [-0.05, 0) is 38.0 Å². The second-order valence-electron chi connectivity index (χ2n) is 4.61. The Morgan fingerprint density at radius 2 is 2.00 bits per heavy atom. The molecule has 5 nitrogen and oxygen atoms in total. The third-order valence-corrected chi connectivity index (χ3v) is 5.54. The number of anilines is 1. The minimum Gasteiger partial charge on any atom is -0.398 e. The SMILES string of the molecule is Cc1nc(CNS(=O)(=O)c2c(C)ccc(N)c2C)cs1. The molecule has 108 valence electrons. The Morgan fingerprint density at radius 3 is 2.60 bits per heavy atom. The van der Waals surface area contributed by atoms with Crippen LogP contribution in [0.4, 0.5) is 5.69 Å². The molecule has 2 aromatic rings. The van der Waals surface area contributed by atoms with E-state index in [1.807, 2.05) is 12.3 Å². The van der Waals surface area contributed by atoms with Gasteiger partial charge in [0, 0.05) is 11.1 Å². The summed E-state index contributed by atoms with van der Waals surface area (Å²) in [6.45, 7) is 5.53. The molecule has 0 spiro atoms. The fourth-order valence-corrected chi connectivity index (χ4v) is 4.09. The van der Waals surface area contributed by atoms with Gasteiger partial charge in [0.1, 0.15) is 0 Å². The van der Waals surface area contributed by atoms with Gasteiger partial charge >= 0.3 is 0 Å². The summed E-state index contributed by atoms with van der Waals surface area (Å²) in [4.78, 5) is 4.49. The summed E-state index contributed by atoms with van der Waals surface area (Å²) in [5.41, 5.74) is 8.24. The molecule has 0 amide bonds. The minimum absolute atomic E-state index is 0.181. The zero-order valence-electron chi connectivity index (χ0n) is 11.6. The summed E-state index contributed by atoms with van der Waals surface area (Å²) < 4.78 is 27.4. The van der Waals surface area contributed by atoms with E-state index >= 15 is 0 Å². The fourth-order valence-electron chi connectivity index (χ4n) is 1.99. The normalized spacial score (nSPS) is 11.8. The zero-order chi connectivity index (χ0) is 14.9. The maximum Gasteiger partial charge on any atom is 0.241 e. The Morgan fingerprint density at radius 1 is 1.30 bits per heavy atom. The van der Waals surface area contributed by atoms with Gasteiger partial charge in [-0.2, -0.15) is 0 Å². The maximum atomic E-state index is 12.4. The predicted octanol–water partition coefficient (Wildman–Crippen LogP) is 2.13. The molecule has 2 rings (SSSR count). The van der Waals surface area contributed by atoms with E-state index in [9.17, 15) is 8.42 Å². The van der Waals surface area contributed by atoms with Gasteiger partial charge in [0.15, 0.2) is 0 Å². The van der Waals surface area contributed by atoms with Crippen LogP contribution < -0.4 is 10.5 Å². The lowest BCUT2D eigenvalue weighted by molar-refractivity contribution is 0.579. The molecule has 20 heavy (non-hydrogen) atoms. The van der Waals surface area contributed by atoms with E-state index in [-0.39, 0.29) is 11.4 Å². The Hall–Kier alpha value is -1.44. The molecule has 0 unspecified atom stereocenters. The topological polar surface area (TPSA) is 85.1 Å². The molecule has 0 saturated carbocycles. The third kappa shape index (κ3) is 3.00. The number of aryl methyl sites for hydroxylation is 2. The first-order chi connectivity index (χ1) is 9.31. The molecule has 0 atom stereocenters. The molecule has 1 heterocycles. The average Bonchev–Trinajstić information content (AvgIpc) is 2.78. The second kappa shape index (κ2) is 5.51. The largest absolute Gasteiger partial charge is 0.398 e. The van der Waals surface area contributed by atoms with Crippen LogP contribution in [0.1, 0.15) is 21.8 Å². The first-order valence-electron chi connectivity index (χ1n) is 6.07. The number of nitrogens with two attached hydrogens (primary N) is 1. The number of nitrogen functional groups attached to an aromatic ring is 1. The van der Waals surface area contributed by atoms with E-state index in [1.54, 1.807) is 26.0 Å². The van der Waals surface area contributed by atoms with Crippen molar-refractivity contribution in [1.29, 1.82) is 0 Å². The first kappa shape index (κ1) is 15.0. The highest BCUT2D eigenvalue weighted by Crippen LogP contribution is 2.24. The Balaban J connectivity index is 2.29. The van der Waals surface area contributed by atoms with Gasteiger partial charge < -0.3 is 5.73 Å². The molecule has 0 aliphatic heterocycles. The number of sulfonamides is 1. The summed E-state index contributed by atoms with van der Waals surface area (Å²) in [5.74, 6) is 0. The van der Waals surface area contributed by atoms with Crippen LogP contribution in [0, 0.1) is 20.8 Å². The molecule has 1 aromatic carbocycles. The van der Waals surface area contributed by atoms with E-state index in [4.69, 9.17) is 5.73 Å². The van der Waals surface area contributed by atoms with Crippen molar-refractivity contribution in [3.05, 3.63) is 39.3 Å². The van der Waals surface area contributed by atoms with Crippen molar-refractivity contribution in [1.82, 2.24) is 9.71 Å². The maximum absolute atomic E-state index is 12.4. The van der Waals surface area contributed by atoms with Crippen LogP contribution in [0.5, 0.6) is 0 Å². The lowest BCUT2D eigenvalue weighted by Gasteiger charge is -2.13. The summed E-state index contributed by atoms with van der Waals surface area (Å²) in [6, 6.07) is 3.43. The molecule has 0 bridgehead atoms. The van der Waals surface area contributed by atoms with Crippen molar-refractivity contribution < 1.29 is 8.42 Å². The molecular formula is C13H17N3O2S2. The van der Waals surface area contributed by atoms with Gasteiger partial charge in [-0.15, -0.1) is 11.3 Å². The van der Waals surface area contributed by atoms with E-state index in [0.29, 0.717) is 16.8 Å². The molecule has 0 saturated heterocycles. The van der Waals surface area contributed by atoms with Crippen LogP contribution >= 0.6 is 11.3 Å². The standard InChI is InChI=1S/C13H17N3O2S2/c1-8-4-5-12(14)9(2)13(8)20(17,18)15-6-11-7-19-10(3)16-11/h4-5,7,15H,6,14H2,1-3H3. The van der Waals surface area contributed by atoms with Crippen molar-refractivity contribution in [3.63, 3.8) is 0 Å². The molecule has 1 aromatic heterocycles. The summed E-state index contributed by atoms with van der Waals surface area (Å²) in [5, 5.41) is 2.76. The molecule has 0 radical (unpaired) electrons. The van der Waals surface area contributed by atoms with Crippen LogP contribution in [-0.4, -0.2) is 13.4 Å². The van der Waals surface area contributed by atoms with E-state index in [1.165, 1.54) is 11.3 Å². The summed E-state index contributed by atoms with van der Waals surface area (Å²) >= 11 is 1.49. The fraction of sp³-hybridized carbons (Fsp3) is 0.308. The molecule has 0 fully saturated rings. The lowest BCUT2D eigenvalue weighted by atomic mass is 10.1. The Kier molecular flexibility index (Phi) is 4.12. The molecular weight excluding hydrogens is 294 g/mol. The van der Waals surface area contributed by atoms with Gasteiger partial charge in [-0.3, -0.25) is 0 Å². The average molecular weight is 311 g/mol. The van der Waals surface area contributed by atoms with Crippen LogP contribution in [-0.2, 0) is 16.6 Å². The van der Waals surface area contributed by atoms with Crippen LogP contribution in [0.25, 0.3) is 0 Å². The second-order valence-corrected chi connectivity index (χ2v) is 7.37. The summed E-state index contributed by atoms with van der Waals surface area (Å²) in [6.07, 6.45) is 0. The number of benzene rings is 1. The van der Waals surface area contributed by atoms with Gasteiger partial charge in [0.05, 0.1) is 22.1 Å². The number of nitrogens with one attached hydrogen (secondary N) is 1. The minimum atomic E-state index is -3.60. The van der Waals surface area contributed by atoms with Crippen LogP contribution in [0.15, 0.2) is 22.4 Å². The van der Waals surface area contributed by atoms with Gasteiger partial charge in [0.25, 0.3) is 0 Å². The van der Waals surface area contributed by atoms with Gasteiger partial charge in [-0.25, -0.2) is 18.1 Å². The third-order valence-electron chi connectivity index (χ3n) is 3.02. The molecule has 3 N–H and O–H groups in total. The van der Waals surface area contributed by atoms with Crippen LogP contribution in [0.2, 0.25) is 0 Å². The highest BCUT2D eigenvalue weighted by molar-refractivity contribution is 7.89. The smallest absolute Gasteiger partial charge is 0.241 e. The van der Waals surface area contributed by atoms with Gasteiger partial charge in [-0.1, -0.05) is 6.07 Å². The monoisotopic (exact) mass is 311 g/mol. The number of aromatic nitrogens is 1. The van der Waals surface area contributed by atoms with E-state index in [0.717, 1.165) is 10.7 Å². The van der Waals surface area contributed by atoms with Crippen LogP contribution in [0.3, 0.4) is 0 Å². The molecule has 0 aliphatic carbocycles. The predicted molar refractivity (Wildman–Crippen MR) is 81.2 cm³/mol. The number of hydrogen-bond donors (Lipinski definition) is 2. The quantitative estimate of drug-likeness (QED) is 0.847. The number of hydrogen-bond acceptors (Lipinski definition) is 5. The summed E-state index contributed by atoms with van der Waals surface area (Å²) in [7, 11) is -3.60. The number of thiazole rings is 1. The number of nitrogens with zero attached hydrogens (tertiary/aromatic N) is 1. The van der Waals surface area contributed by atoms with Crippen molar-refractivity contribution >= 4 is 27.0 Å². The highest BCUT2D eigenvalue weighted by Gasteiger charge is 2.20. The Labute approximate surface area is 122 Å². The van der Waals surface area contributed by atoms with Crippen molar-refractivity contribution in [2.45, 2.75) is 32.2 Å². The molecule has 7 heteroatoms. The Bertz CT molecular complexity index is 736. The molecule has 0 aliphatic rings.